The number of nitrogens with two attached hydrogens (primary N) is 1. The molecule has 0 radical (unpaired) electrons. The van der Waals surface area contributed by atoms with Gasteiger partial charge in [-0.15, -0.1) is 0 Å². The van der Waals surface area contributed by atoms with Crippen molar-refractivity contribution in [3.8, 4) is 0 Å². The van der Waals surface area contributed by atoms with Gasteiger partial charge in [0, 0.05) is 11.3 Å². The van der Waals surface area contributed by atoms with E-state index in [1.54, 1.807) is 6.92 Å². The van der Waals surface area contributed by atoms with Crippen LogP contribution in [0.15, 0.2) is 47.4 Å². The highest BCUT2D eigenvalue weighted by Gasteiger charge is 2.11. The van der Waals surface area contributed by atoms with Gasteiger partial charge in [-0.1, -0.05) is 12.1 Å². The maximum Gasteiger partial charge on any atom is 0.255 e. The zero-order valence-corrected chi connectivity index (χ0v) is 11.9. The van der Waals surface area contributed by atoms with E-state index in [4.69, 9.17) is 5.14 Å². The fraction of sp³-hybridized carbons (Fsp3) is 0.0714. The third-order valence-electron chi connectivity index (χ3n) is 2.85. The van der Waals surface area contributed by atoms with Crippen molar-refractivity contribution in [1.29, 1.82) is 0 Å². The molecule has 3 N–H and O–H groups in total. The molecule has 0 aliphatic heterocycles. The largest absolute Gasteiger partial charge is 0.322 e. The quantitative estimate of drug-likeness (QED) is 0.909. The first-order chi connectivity index (χ1) is 9.77. The number of amides is 1. The van der Waals surface area contributed by atoms with Gasteiger partial charge in [-0.2, -0.15) is 0 Å². The Morgan fingerprint density at radius 3 is 2.52 bits per heavy atom. The van der Waals surface area contributed by atoms with Crippen LogP contribution in [0.25, 0.3) is 0 Å². The lowest BCUT2D eigenvalue weighted by Crippen LogP contribution is -2.15. The van der Waals surface area contributed by atoms with Gasteiger partial charge < -0.3 is 5.32 Å². The molecule has 5 nitrogen and oxygen atoms in total. The van der Waals surface area contributed by atoms with Gasteiger partial charge in [-0.25, -0.2) is 17.9 Å². The van der Waals surface area contributed by atoms with E-state index >= 15 is 0 Å². The summed E-state index contributed by atoms with van der Waals surface area (Å²) in [7, 11) is -3.85. The molecule has 2 rings (SSSR count). The molecule has 2 aromatic carbocycles. The van der Waals surface area contributed by atoms with Crippen molar-refractivity contribution in [3.63, 3.8) is 0 Å². The lowest BCUT2D eigenvalue weighted by Gasteiger charge is -2.07. The molecule has 0 spiro atoms. The van der Waals surface area contributed by atoms with Crippen LogP contribution in [0.1, 0.15) is 15.9 Å². The van der Waals surface area contributed by atoms with E-state index in [0.717, 1.165) is 6.07 Å². The molecule has 0 fully saturated rings. The van der Waals surface area contributed by atoms with Crippen molar-refractivity contribution in [3.05, 3.63) is 59.4 Å². The molecule has 110 valence electrons. The highest BCUT2D eigenvalue weighted by Crippen LogP contribution is 2.16. The smallest absolute Gasteiger partial charge is 0.255 e. The van der Waals surface area contributed by atoms with Crippen LogP contribution in [0.3, 0.4) is 0 Å². The van der Waals surface area contributed by atoms with Gasteiger partial charge >= 0.3 is 0 Å². The van der Waals surface area contributed by atoms with Crippen molar-refractivity contribution >= 4 is 21.6 Å². The normalized spacial score (nSPS) is 11.2. The molecule has 2 aromatic rings. The van der Waals surface area contributed by atoms with Gasteiger partial charge in [-0.3, -0.25) is 4.79 Å². The Morgan fingerprint density at radius 2 is 1.90 bits per heavy atom. The van der Waals surface area contributed by atoms with E-state index in [1.807, 2.05) is 0 Å². The Bertz CT molecular complexity index is 804. The summed E-state index contributed by atoms with van der Waals surface area (Å²) in [5.74, 6) is -1.03. The minimum atomic E-state index is -3.85. The van der Waals surface area contributed by atoms with Crippen LogP contribution in [-0.2, 0) is 10.0 Å². The first kappa shape index (κ1) is 15.1. The number of benzene rings is 2. The second-order valence-corrected chi connectivity index (χ2v) is 6.05. The molecule has 0 saturated heterocycles. The Morgan fingerprint density at radius 1 is 1.19 bits per heavy atom. The highest BCUT2D eigenvalue weighted by molar-refractivity contribution is 7.89. The summed E-state index contributed by atoms with van der Waals surface area (Å²) in [6.07, 6.45) is 0. The second-order valence-electron chi connectivity index (χ2n) is 4.49. The van der Waals surface area contributed by atoms with E-state index in [2.05, 4.69) is 5.32 Å². The van der Waals surface area contributed by atoms with Crippen LogP contribution in [-0.4, -0.2) is 14.3 Å². The molecule has 0 aromatic heterocycles. The third kappa shape index (κ3) is 3.65. The van der Waals surface area contributed by atoms with Crippen LogP contribution >= 0.6 is 0 Å². The molecule has 0 saturated carbocycles. The third-order valence-corrected chi connectivity index (χ3v) is 3.77. The van der Waals surface area contributed by atoms with Gasteiger partial charge in [0.2, 0.25) is 10.0 Å². The Labute approximate surface area is 121 Å². The minimum absolute atomic E-state index is 0.115. The van der Waals surface area contributed by atoms with E-state index < -0.39 is 21.7 Å². The maximum absolute atomic E-state index is 13.4. The van der Waals surface area contributed by atoms with Crippen molar-refractivity contribution in [1.82, 2.24) is 0 Å². The van der Waals surface area contributed by atoms with Gasteiger partial charge in [0.25, 0.3) is 5.91 Å². The summed E-state index contributed by atoms with van der Waals surface area (Å²) in [5.41, 5.74) is 0.828. The first-order valence-electron chi connectivity index (χ1n) is 5.98. The van der Waals surface area contributed by atoms with Crippen molar-refractivity contribution in [2.45, 2.75) is 11.8 Å². The number of halogens is 1. The molecule has 0 unspecified atom stereocenters. The molecule has 0 aliphatic rings. The van der Waals surface area contributed by atoms with Crippen molar-refractivity contribution < 1.29 is 17.6 Å². The molecule has 0 heterocycles. The average Bonchev–Trinajstić information content (AvgIpc) is 2.41. The van der Waals surface area contributed by atoms with Crippen LogP contribution in [0.5, 0.6) is 0 Å². The predicted molar refractivity (Wildman–Crippen MR) is 76.9 cm³/mol. The van der Waals surface area contributed by atoms with Crippen LogP contribution in [0, 0.1) is 12.7 Å². The monoisotopic (exact) mass is 308 g/mol. The Balaban J connectivity index is 2.25. The molecular formula is C14H13FN2O3S. The lowest BCUT2D eigenvalue weighted by molar-refractivity contribution is 0.102. The predicted octanol–water partition coefficient (Wildman–Crippen LogP) is 2.03. The van der Waals surface area contributed by atoms with Crippen LogP contribution < -0.4 is 10.5 Å². The maximum atomic E-state index is 13.4. The van der Waals surface area contributed by atoms with Gasteiger partial charge in [0.1, 0.15) is 5.82 Å². The van der Waals surface area contributed by atoms with Gasteiger partial charge in [0.15, 0.2) is 0 Å². The summed E-state index contributed by atoms with van der Waals surface area (Å²) in [5, 5.41) is 7.51. The van der Waals surface area contributed by atoms with E-state index in [-0.39, 0.29) is 16.1 Å². The van der Waals surface area contributed by atoms with Crippen LogP contribution in [0.4, 0.5) is 10.1 Å². The molecular weight excluding hydrogens is 295 g/mol. The van der Waals surface area contributed by atoms with E-state index in [9.17, 15) is 17.6 Å². The zero-order valence-electron chi connectivity index (χ0n) is 11.1. The number of nitrogens with one attached hydrogen (secondary N) is 1. The molecule has 7 heteroatoms. The fourth-order valence-corrected chi connectivity index (χ4v) is 2.25. The first-order valence-corrected chi connectivity index (χ1v) is 7.52. The number of rotatable bonds is 3. The van der Waals surface area contributed by atoms with Crippen LogP contribution in [0.2, 0.25) is 0 Å². The number of primary sulfonamides is 1. The lowest BCUT2D eigenvalue weighted by atomic mass is 10.1. The number of hydrogen-bond donors (Lipinski definition) is 2. The second kappa shape index (κ2) is 5.63. The number of aryl methyl sites for hydroxylation is 1. The summed E-state index contributed by atoms with van der Waals surface area (Å²) in [6.45, 7) is 1.59. The number of carbonyl (C=O) groups is 1. The average molecular weight is 308 g/mol. The van der Waals surface area contributed by atoms with Crippen molar-refractivity contribution in [2.24, 2.45) is 5.14 Å². The summed E-state index contributed by atoms with van der Waals surface area (Å²) in [4.78, 5) is 11.9. The highest BCUT2D eigenvalue weighted by atomic mass is 32.2. The number of hydrogen-bond acceptors (Lipinski definition) is 3. The van der Waals surface area contributed by atoms with Gasteiger partial charge in [0.05, 0.1) is 4.90 Å². The van der Waals surface area contributed by atoms with E-state index in [0.29, 0.717) is 5.56 Å². The van der Waals surface area contributed by atoms with Gasteiger partial charge in [-0.05, 0) is 42.8 Å². The zero-order chi connectivity index (χ0) is 15.6. The number of anilines is 1. The molecule has 0 aliphatic carbocycles. The molecule has 1 amide bonds. The minimum Gasteiger partial charge on any atom is -0.322 e. The SMILES string of the molecule is Cc1ccc(C(=O)Nc2cccc(S(N)(=O)=O)c2)cc1F. The molecule has 21 heavy (non-hydrogen) atoms. The number of sulfonamides is 1. The van der Waals surface area contributed by atoms with E-state index in [1.165, 1.54) is 36.4 Å². The standard InChI is InChI=1S/C14H13FN2O3S/c1-9-5-6-10(7-13(9)15)14(18)17-11-3-2-4-12(8-11)21(16,19)20/h2-8H,1H3,(H,17,18)(H2,16,19,20). The fourth-order valence-electron chi connectivity index (χ4n) is 1.69. The number of carbonyl (C=O) groups excluding carboxylic acids is 1. The molecule has 0 bridgehead atoms. The van der Waals surface area contributed by atoms with Crippen molar-refractivity contribution in [2.75, 3.05) is 5.32 Å². The summed E-state index contributed by atoms with van der Waals surface area (Å²) >= 11 is 0. The summed E-state index contributed by atoms with van der Waals surface area (Å²) < 4.78 is 35.9. The molecule has 0 atom stereocenters. The topological polar surface area (TPSA) is 89.3 Å². The summed E-state index contributed by atoms with van der Waals surface area (Å²) in [6, 6.07) is 9.60. The Kier molecular flexibility index (Phi) is 4.06. The Hall–Kier alpha value is -2.25.